The highest BCUT2D eigenvalue weighted by Gasteiger charge is 2.07. The Balaban J connectivity index is 1.71. The van der Waals surface area contributed by atoms with E-state index in [4.69, 9.17) is 11.6 Å². The average molecular weight is 302 g/mol. The van der Waals surface area contributed by atoms with Crippen LogP contribution >= 0.6 is 22.9 Å². The molecule has 1 nitrogen and oxygen atoms in total. The highest BCUT2D eigenvalue weighted by atomic mass is 35.5. The topological polar surface area (TPSA) is 12.0 Å². The second-order valence-electron chi connectivity index (χ2n) is 4.91. The number of nitrogens with one attached hydrogen (secondary N) is 1. The summed E-state index contributed by atoms with van der Waals surface area (Å²) in [5.41, 5.74) is 2.63. The number of thiophene rings is 1. The van der Waals surface area contributed by atoms with E-state index in [1.54, 1.807) is 11.3 Å². The van der Waals surface area contributed by atoms with Gasteiger partial charge in [0.15, 0.2) is 0 Å². The Morgan fingerprint density at radius 3 is 2.65 bits per heavy atom. The molecule has 0 saturated carbocycles. The third-order valence-corrected chi connectivity index (χ3v) is 4.79. The van der Waals surface area contributed by atoms with Crippen molar-refractivity contribution in [1.82, 2.24) is 5.32 Å². The lowest BCUT2D eigenvalue weighted by atomic mass is 10.1. The van der Waals surface area contributed by atoms with Gasteiger partial charge < -0.3 is 5.32 Å². The van der Waals surface area contributed by atoms with E-state index in [0.29, 0.717) is 6.04 Å². The molecule has 1 aromatic heterocycles. The Kier molecular flexibility index (Phi) is 4.06. The third kappa shape index (κ3) is 2.88. The molecule has 0 fully saturated rings. The first kappa shape index (κ1) is 13.6. The summed E-state index contributed by atoms with van der Waals surface area (Å²) in [5, 5.41) is 7.96. The summed E-state index contributed by atoms with van der Waals surface area (Å²) in [7, 11) is 0. The summed E-state index contributed by atoms with van der Waals surface area (Å²) in [6.45, 7) is 3.06. The van der Waals surface area contributed by atoms with Crippen molar-refractivity contribution in [3.8, 4) is 0 Å². The lowest BCUT2D eigenvalue weighted by Gasteiger charge is -2.14. The van der Waals surface area contributed by atoms with Crippen LogP contribution < -0.4 is 5.32 Å². The molecule has 0 saturated heterocycles. The predicted molar refractivity (Wildman–Crippen MR) is 88.5 cm³/mol. The first-order chi connectivity index (χ1) is 9.74. The number of hydrogen-bond donors (Lipinski definition) is 1. The van der Waals surface area contributed by atoms with Crippen LogP contribution in [0.15, 0.2) is 53.9 Å². The first-order valence-corrected chi connectivity index (χ1v) is 7.94. The lowest BCUT2D eigenvalue weighted by molar-refractivity contribution is 0.577. The zero-order valence-corrected chi connectivity index (χ0v) is 12.8. The Hall–Kier alpha value is -1.35. The third-order valence-electron chi connectivity index (χ3n) is 3.53. The normalized spacial score (nSPS) is 12.7. The van der Waals surface area contributed by atoms with Crippen LogP contribution in [-0.4, -0.2) is 0 Å². The molecule has 0 radical (unpaired) electrons. The molecule has 0 aliphatic carbocycles. The van der Waals surface area contributed by atoms with Crippen molar-refractivity contribution in [2.45, 2.75) is 19.5 Å². The van der Waals surface area contributed by atoms with Crippen molar-refractivity contribution in [2.24, 2.45) is 0 Å². The van der Waals surface area contributed by atoms with Gasteiger partial charge >= 0.3 is 0 Å². The van der Waals surface area contributed by atoms with Gasteiger partial charge in [-0.1, -0.05) is 41.9 Å². The van der Waals surface area contributed by atoms with Crippen LogP contribution in [-0.2, 0) is 6.54 Å². The van der Waals surface area contributed by atoms with Gasteiger partial charge in [0.1, 0.15) is 0 Å². The minimum absolute atomic E-state index is 0.311. The van der Waals surface area contributed by atoms with Crippen LogP contribution in [0.2, 0.25) is 5.02 Å². The van der Waals surface area contributed by atoms with Crippen molar-refractivity contribution in [3.05, 3.63) is 70.1 Å². The summed E-state index contributed by atoms with van der Waals surface area (Å²) in [6, 6.07) is 16.9. The molecule has 0 bridgehead atoms. The van der Waals surface area contributed by atoms with Gasteiger partial charge in [-0.25, -0.2) is 0 Å². The fourth-order valence-corrected chi connectivity index (χ4v) is 3.39. The summed E-state index contributed by atoms with van der Waals surface area (Å²) >= 11 is 7.73. The molecule has 1 heterocycles. The maximum absolute atomic E-state index is 5.92. The standard InChI is InChI=1S/C17H16ClNS/c1-12(13-6-8-15(18)9-7-13)19-10-14-11-20-17-5-3-2-4-16(14)17/h2-9,11-12,19H,10H2,1H3/t12-/m0/s1. The Bertz CT molecular complexity index is 702. The van der Waals surface area contributed by atoms with Gasteiger partial charge in [0.2, 0.25) is 0 Å². The van der Waals surface area contributed by atoms with Crippen LogP contribution in [0.4, 0.5) is 0 Å². The number of fused-ring (bicyclic) bond motifs is 1. The van der Waals surface area contributed by atoms with E-state index in [-0.39, 0.29) is 0 Å². The fourth-order valence-electron chi connectivity index (χ4n) is 2.30. The van der Waals surface area contributed by atoms with Crippen LogP contribution in [0.1, 0.15) is 24.1 Å². The molecule has 3 rings (SSSR count). The van der Waals surface area contributed by atoms with Crippen molar-refractivity contribution in [1.29, 1.82) is 0 Å². The van der Waals surface area contributed by atoms with Crippen LogP contribution in [0.5, 0.6) is 0 Å². The van der Waals surface area contributed by atoms with E-state index < -0.39 is 0 Å². The van der Waals surface area contributed by atoms with Gasteiger partial charge in [0.25, 0.3) is 0 Å². The summed E-state index contributed by atoms with van der Waals surface area (Å²) in [5.74, 6) is 0. The quantitative estimate of drug-likeness (QED) is 0.680. The van der Waals surface area contributed by atoms with E-state index >= 15 is 0 Å². The van der Waals surface area contributed by atoms with E-state index in [1.807, 2.05) is 12.1 Å². The van der Waals surface area contributed by atoms with Crippen molar-refractivity contribution in [2.75, 3.05) is 0 Å². The summed E-state index contributed by atoms with van der Waals surface area (Å²) in [4.78, 5) is 0. The number of halogens is 1. The van der Waals surface area contributed by atoms with Gasteiger partial charge in [-0.05, 0) is 47.0 Å². The van der Waals surface area contributed by atoms with Gasteiger partial charge in [0.05, 0.1) is 0 Å². The molecule has 3 aromatic rings. The molecule has 20 heavy (non-hydrogen) atoms. The van der Waals surface area contributed by atoms with Gasteiger partial charge in [-0.3, -0.25) is 0 Å². The number of benzene rings is 2. The fraction of sp³-hybridized carbons (Fsp3) is 0.176. The molecule has 102 valence electrons. The van der Waals surface area contributed by atoms with E-state index in [2.05, 4.69) is 54.0 Å². The smallest absolute Gasteiger partial charge is 0.0406 e. The van der Waals surface area contributed by atoms with Crippen molar-refractivity contribution >= 4 is 33.0 Å². The maximum atomic E-state index is 5.92. The molecular formula is C17H16ClNS. The van der Waals surface area contributed by atoms with Crippen LogP contribution in [0.3, 0.4) is 0 Å². The molecule has 0 aliphatic rings. The van der Waals surface area contributed by atoms with Crippen molar-refractivity contribution < 1.29 is 0 Å². The molecule has 1 N–H and O–H groups in total. The summed E-state index contributed by atoms with van der Waals surface area (Å²) < 4.78 is 1.35. The lowest BCUT2D eigenvalue weighted by Crippen LogP contribution is -2.17. The van der Waals surface area contributed by atoms with Gasteiger partial charge in [-0.15, -0.1) is 11.3 Å². The minimum Gasteiger partial charge on any atom is -0.306 e. The zero-order valence-electron chi connectivity index (χ0n) is 11.3. The summed E-state index contributed by atoms with van der Waals surface area (Å²) in [6.07, 6.45) is 0. The van der Waals surface area contributed by atoms with E-state index in [9.17, 15) is 0 Å². The molecule has 0 amide bonds. The monoisotopic (exact) mass is 301 g/mol. The van der Waals surface area contributed by atoms with Crippen LogP contribution in [0, 0.1) is 0 Å². The minimum atomic E-state index is 0.311. The Morgan fingerprint density at radius 1 is 1.10 bits per heavy atom. The molecule has 3 heteroatoms. The highest BCUT2D eigenvalue weighted by Crippen LogP contribution is 2.26. The molecule has 2 aromatic carbocycles. The largest absolute Gasteiger partial charge is 0.306 e. The van der Waals surface area contributed by atoms with Crippen LogP contribution in [0.25, 0.3) is 10.1 Å². The molecular weight excluding hydrogens is 286 g/mol. The SMILES string of the molecule is C[C@H](NCc1csc2ccccc12)c1ccc(Cl)cc1. The maximum Gasteiger partial charge on any atom is 0.0406 e. The average Bonchev–Trinajstić information content (AvgIpc) is 2.89. The van der Waals surface area contributed by atoms with Gasteiger partial charge in [0, 0.05) is 22.3 Å². The highest BCUT2D eigenvalue weighted by molar-refractivity contribution is 7.17. The van der Waals surface area contributed by atoms with Crippen molar-refractivity contribution in [3.63, 3.8) is 0 Å². The van der Waals surface area contributed by atoms with E-state index in [0.717, 1.165) is 11.6 Å². The number of rotatable bonds is 4. The zero-order chi connectivity index (χ0) is 13.9. The molecule has 1 atom stereocenters. The van der Waals surface area contributed by atoms with E-state index in [1.165, 1.54) is 21.2 Å². The molecule has 0 unspecified atom stereocenters. The molecule has 0 aliphatic heterocycles. The Labute approximate surface area is 128 Å². The molecule has 0 spiro atoms. The second kappa shape index (κ2) is 5.96. The second-order valence-corrected chi connectivity index (χ2v) is 6.26. The number of hydrogen-bond acceptors (Lipinski definition) is 2. The predicted octanol–water partition coefficient (Wildman–Crippen LogP) is 5.41. The van der Waals surface area contributed by atoms with Gasteiger partial charge in [-0.2, -0.15) is 0 Å². The Morgan fingerprint density at radius 2 is 1.85 bits per heavy atom. The first-order valence-electron chi connectivity index (χ1n) is 6.68.